The molecule has 15 aromatic rings. The topological polar surface area (TPSA) is 0 Å². The highest BCUT2D eigenvalue weighted by molar-refractivity contribution is 5.96. The van der Waals surface area contributed by atoms with Gasteiger partial charge in [0.25, 0.3) is 0 Å². The van der Waals surface area contributed by atoms with E-state index in [1.807, 2.05) is 0 Å². The van der Waals surface area contributed by atoms with E-state index in [2.05, 4.69) is 390 Å². The largest absolute Gasteiger partial charge is 0.0619 e. The van der Waals surface area contributed by atoms with Crippen LogP contribution in [0, 0.1) is 27.7 Å². The number of fused-ring (bicyclic) bond motifs is 18. The monoisotopic (exact) mass is 1440 g/mol. The van der Waals surface area contributed by atoms with E-state index in [1.54, 1.807) is 0 Å². The SMILES string of the molecule is Cc1c(C)c(-c2ccc3c(c2)C(C)(C)c2cc(-c4cc(-c5ccc6c(c5)C(C)(C)c5ccccc5-6)cc(-c5ccc6c(c5)C(C)(C)c5ccccc5-6)c4)ccc2-3)c(C)c(C)c1-c1ccc2c(c1)C(C)(C)c1cc(-c3cc(-c4ccc5c(c4)C(C)(C)c4ccccc4-5)cc(-c4ccc5c(c4)C(C)(C)c4ccccc4-5)c3)ccc1-2. The van der Waals surface area contributed by atoms with Crippen LogP contribution in [0.1, 0.15) is 172 Å². The van der Waals surface area contributed by atoms with Crippen LogP contribution in [0.3, 0.4) is 0 Å². The Bertz CT molecular complexity index is 6030. The van der Waals surface area contributed by atoms with Crippen molar-refractivity contribution < 1.29 is 0 Å². The average molecular weight is 1440 g/mol. The highest BCUT2D eigenvalue weighted by Crippen LogP contribution is 2.59. The number of benzene rings is 15. The first-order chi connectivity index (χ1) is 53.7. The molecule has 0 unspecified atom stereocenters. The van der Waals surface area contributed by atoms with E-state index in [0.29, 0.717) is 0 Å². The predicted molar refractivity (Wildman–Crippen MR) is 474 cm³/mol. The van der Waals surface area contributed by atoms with E-state index in [4.69, 9.17) is 0 Å². The quantitative estimate of drug-likeness (QED) is 0.142. The zero-order chi connectivity index (χ0) is 76.9. The smallest absolute Gasteiger partial charge is 0.0159 e. The maximum atomic E-state index is 2.54. The van der Waals surface area contributed by atoms with Gasteiger partial charge in [0.1, 0.15) is 0 Å². The fraction of sp³-hybridized carbons (Fsp3) is 0.196. The van der Waals surface area contributed by atoms with Crippen LogP contribution in [0.25, 0.3) is 156 Å². The molecule has 0 aromatic heterocycles. The molecular weight excluding hydrogens is 1350 g/mol. The third-order valence-electron chi connectivity index (χ3n) is 28.8. The van der Waals surface area contributed by atoms with Crippen LogP contribution in [0.2, 0.25) is 0 Å². The molecule has 542 valence electrons. The van der Waals surface area contributed by atoms with Gasteiger partial charge in [0.2, 0.25) is 0 Å². The Labute approximate surface area is 662 Å². The Morgan fingerprint density at radius 3 is 0.464 bits per heavy atom. The van der Waals surface area contributed by atoms with Crippen molar-refractivity contribution in [1.29, 1.82) is 0 Å². The molecule has 0 nitrogen and oxygen atoms in total. The molecule has 0 amide bonds. The molecule has 0 radical (unpaired) electrons. The van der Waals surface area contributed by atoms with Crippen LogP contribution in [-0.2, 0) is 32.5 Å². The van der Waals surface area contributed by atoms with Gasteiger partial charge in [-0.3, -0.25) is 0 Å². The van der Waals surface area contributed by atoms with Crippen molar-refractivity contribution in [3.63, 3.8) is 0 Å². The van der Waals surface area contributed by atoms with Crippen molar-refractivity contribution in [2.75, 3.05) is 0 Å². The molecular formula is C112H94. The summed E-state index contributed by atoms with van der Waals surface area (Å²) in [6.07, 6.45) is 0. The lowest BCUT2D eigenvalue weighted by atomic mass is 9.78. The molecule has 0 spiro atoms. The Balaban J connectivity index is 0.609. The zero-order valence-electron chi connectivity index (χ0n) is 67.6. The molecule has 6 aliphatic carbocycles. The van der Waals surface area contributed by atoms with E-state index in [-0.39, 0.29) is 32.5 Å². The zero-order valence-corrected chi connectivity index (χ0v) is 67.6. The summed E-state index contributed by atoms with van der Waals surface area (Å²) in [5.74, 6) is 0. The van der Waals surface area contributed by atoms with Gasteiger partial charge >= 0.3 is 0 Å². The molecule has 0 saturated carbocycles. The minimum atomic E-state index is -0.255. The highest BCUT2D eigenvalue weighted by atomic mass is 14.5. The van der Waals surface area contributed by atoms with Gasteiger partial charge in [0.15, 0.2) is 0 Å². The molecule has 0 aliphatic heterocycles. The summed E-state index contributed by atoms with van der Waals surface area (Å²) < 4.78 is 0. The molecule has 0 heteroatoms. The molecule has 15 aromatic carbocycles. The lowest BCUT2D eigenvalue weighted by molar-refractivity contribution is 0.660. The molecule has 112 heavy (non-hydrogen) atoms. The van der Waals surface area contributed by atoms with E-state index >= 15 is 0 Å². The van der Waals surface area contributed by atoms with Gasteiger partial charge in [0, 0.05) is 32.5 Å². The van der Waals surface area contributed by atoms with Crippen LogP contribution >= 0.6 is 0 Å². The second-order valence-corrected chi connectivity index (χ2v) is 36.9. The van der Waals surface area contributed by atoms with Crippen LogP contribution < -0.4 is 0 Å². The fourth-order valence-corrected chi connectivity index (χ4v) is 22.1. The molecule has 0 fully saturated rings. The number of rotatable bonds is 8. The third-order valence-corrected chi connectivity index (χ3v) is 28.8. The summed E-state index contributed by atoms with van der Waals surface area (Å²) in [4.78, 5) is 0. The minimum Gasteiger partial charge on any atom is -0.0619 e. The van der Waals surface area contributed by atoms with Crippen molar-refractivity contribution in [3.8, 4) is 156 Å². The Morgan fingerprint density at radius 2 is 0.277 bits per heavy atom. The standard InChI is InChI=1S/C112H94/c1-63-64(2)106(74-40-48-92-90-46-38-72(60-102(90)112(15,16)104(92)62-74)80-53-77(69-35-43-87-83-27-19-23-31-95(83)109(9,10)99(87)57-69)50-78(54-80)70-36-44-88-84-28-20-24-32-96(84)110(11,12)100(88)58-70)66(4)65(3)105(63)73-39-47-91-89-45-37-71(59-101(89)111(13,14)103(91)61-73)79-51-75(67-33-41-85-81-25-17-21-29-93(81)107(5,6)97(85)55-67)49-76(52-79)68-34-42-86-82-26-18-22-30-94(82)108(7,8)98(86)56-68/h17-62H,1-16H3. The van der Waals surface area contributed by atoms with Crippen molar-refractivity contribution in [2.45, 2.75) is 143 Å². The van der Waals surface area contributed by atoms with Gasteiger partial charge in [-0.1, -0.05) is 277 Å². The van der Waals surface area contributed by atoms with E-state index in [1.165, 1.54) is 245 Å². The summed E-state index contributed by atoms with van der Waals surface area (Å²) in [5.41, 5.74) is 57.3. The van der Waals surface area contributed by atoms with Crippen molar-refractivity contribution in [3.05, 3.63) is 368 Å². The van der Waals surface area contributed by atoms with Crippen molar-refractivity contribution >= 4 is 0 Å². The lowest BCUT2D eigenvalue weighted by Gasteiger charge is -2.26. The summed E-state index contributed by atoms with van der Waals surface area (Å²) >= 11 is 0. The first-order valence-electron chi connectivity index (χ1n) is 40.7. The normalized spacial score (nSPS) is 15.9. The summed E-state index contributed by atoms with van der Waals surface area (Å²) in [6.45, 7) is 38.4. The first-order valence-corrected chi connectivity index (χ1v) is 40.7. The second-order valence-electron chi connectivity index (χ2n) is 36.9. The van der Waals surface area contributed by atoms with Crippen LogP contribution in [-0.4, -0.2) is 0 Å². The predicted octanol–water partition coefficient (Wildman–Crippen LogP) is 30.1. The van der Waals surface area contributed by atoms with Crippen molar-refractivity contribution in [2.24, 2.45) is 0 Å². The van der Waals surface area contributed by atoms with E-state index in [9.17, 15) is 0 Å². The van der Waals surface area contributed by atoms with Gasteiger partial charge in [-0.15, -0.1) is 0 Å². The molecule has 0 heterocycles. The maximum Gasteiger partial charge on any atom is 0.0159 e. The first kappa shape index (κ1) is 68.3. The van der Waals surface area contributed by atoms with Crippen LogP contribution in [0.15, 0.2) is 279 Å². The maximum absolute atomic E-state index is 2.54. The van der Waals surface area contributed by atoms with E-state index < -0.39 is 0 Å². The van der Waals surface area contributed by atoms with Crippen LogP contribution in [0.5, 0.6) is 0 Å². The van der Waals surface area contributed by atoms with Crippen molar-refractivity contribution in [1.82, 2.24) is 0 Å². The van der Waals surface area contributed by atoms with Gasteiger partial charge in [-0.25, -0.2) is 0 Å². The van der Waals surface area contributed by atoms with Crippen LogP contribution in [0.4, 0.5) is 0 Å². The van der Waals surface area contributed by atoms with Gasteiger partial charge in [0.05, 0.1) is 0 Å². The van der Waals surface area contributed by atoms with Gasteiger partial charge < -0.3 is 0 Å². The molecule has 0 saturated heterocycles. The van der Waals surface area contributed by atoms with Gasteiger partial charge in [-0.05, 0) is 357 Å². The molecule has 0 N–H and O–H groups in total. The third kappa shape index (κ3) is 9.54. The van der Waals surface area contributed by atoms with E-state index in [0.717, 1.165) is 0 Å². The fourth-order valence-electron chi connectivity index (χ4n) is 22.1. The minimum absolute atomic E-state index is 0.108. The summed E-state index contributed by atoms with van der Waals surface area (Å²) in [5, 5.41) is 0. The second kappa shape index (κ2) is 23.4. The average Bonchev–Trinajstić information content (AvgIpc) is 1.54. The molecule has 21 rings (SSSR count). The number of hydrogen-bond acceptors (Lipinski definition) is 0. The highest BCUT2D eigenvalue weighted by Gasteiger charge is 2.43. The number of hydrogen-bond donors (Lipinski definition) is 0. The Hall–Kier alpha value is -11.7. The summed E-state index contributed by atoms with van der Waals surface area (Å²) in [6, 6.07) is 109. The molecule has 0 atom stereocenters. The molecule has 0 bridgehead atoms. The lowest BCUT2D eigenvalue weighted by Crippen LogP contribution is -2.15. The molecule has 6 aliphatic rings. The summed E-state index contributed by atoms with van der Waals surface area (Å²) in [7, 11) is 0. The Morgan fingerprint density at radius 1 is 0.134 bits per heavy atom. The Kier molecular flexibility index (Phi) is 14.3. The van der Waals surface area contributed by atoms with Gasteiger partial charge in [-0.2, -0.15) is 0 Å².